The minimum atomic E-state index is -0.485. The van der Waals surface area contributed by atoms with E-state index in [1.54, 1.807) is 78.1 Å². The summed E-state index contributed by atoms with van der Waals surface area (Å²) >= 11 is 0. The minimum absolute atomic E-state index is 0.0807. The number of rotatable bonds is 34. The number of piperazine rings is 2. The number of nitrogens with one attached hydrogen (secondary N) is 4. The van der Waals surface area contributed by atoms with Crippen molar-refractivity contribution < 1.29 is 89.3 Å². The number of nitrogens with zero attached hydrogens (tertiary/aromatic N) is 7. The van der Waals surface area contributed by atoms with E-state index in [4.69, 9.17) is 47.4 Å². The van der Waals surface area contributed by atoms with E-state index in [2.05, 4.69) is 58.0 Å². The molecule has 4 aliphatic carbocycles. The van der Waals surface area contributed by atoms with E-state index in [1.807, 2.05) is 101 Å². The maximum absolute atomic E-state index is 14.4. The number of carbonyl (C=O) groups excluding carboxylic acids is 6. The van der Waals surface area contributed by atoms with Crippen LogP contribution in [-0.4, -0.2) is 218 Å². The smallest absolute Gasteiger partial charge is 0.344 e. The average molecular weight is 1850 g/mol. The van der Waals surface area contributed by atoms with Crippen LogP contribution in [0.2, 0.25) is 0 Å². The van der Waals surface area contributed by atoms with Gasteiger partial charge < -0.3 is 83.3 Å². The molecule has 9 aromatic rings. The minimum Gasteiger partial charge on any atom is -0.493 e. The summed E-state index contributed by atoms with van der Waals surface area (Å²) in [6.07, 6.45) is 16.6. The highest BCUT2D eigenvalue weighted by Crippen LogP contribution is 2.50. The summed E-state index contributed by atoms with van der Waals surface area (Å²) in [5.41, 5.74) is 16.4. The van der Waals surface area contributed by atoms with E-state index in [1.165, 1.54) is 85.5 Å². The van der Waals surface area contributed by atoms with Gasteiger partial charge in [0.15, 0.2) is 54.3 Å². The predicted octanol–water partition coefficient (Wildman–Crippen LogP) is 15.0. The van der Waals surface area contributed by atoms with Gasteiger partial charge in [0.25, 0.3) is 11.8 Å². The SMILES string of the molecule is COc1cc(/C=C2/C(C)=C(CC(=O)NCc3ccccn3)c3cc(F)ccc32)cc(OC)c1OCC(=O)N1CCN(C)CC1.COc1cc(/C=C2/C(C)=C(CC(=O)NCc3ccccn3)c3cc(F)ccc32)cc(OC)c1OCC(=O)NC1CCCCC1.COc1cc(/C=C2/C(C)=C(CC(=O)NCc3ccccn3)c3cc(F)ccc32)cc(OC)c1OCC(=O)OCCN1CCN(C)CC1. The summed E-state index contributed by atoms with van der Waals surface area (Å²) in [5.74, 6) is 0.892. The molecule has 2 aliphatic heterocycles. The third-order valence-corrected chi connectivity index (χ3v) is 24.4. The molecule has 0 bridgehead atoms. The number of amides is 5. The second kappa shape index (κ2) is 47.5. The first kappa shape index (κ1) is 98.4. The maximum Gasteiger partial charge on any atom is 0.344 e. The fourth-order valence-corrected chi connectivity index (χ4v) is 17.0. The molecule has 5 heterocycles. The van der Waals surface area contributed by atoms with E-state index in [9.17, 15) is 41.9 Å². The molecule has 27 nitrogen and oxygen atoms in total. The average Bonchev–Trinajstić information content (AvgIpc) is 1.62. The zero-order valence-corrected chi connectivity index (χ0v) is 78.2. The number of fused-ring (bicyclic) bond motifs is 3. The van der Waals surface area contributed by atoms with Crippen molar-refractivity contribution in [3.05, 3.63) is 266 Å². The van der Waals surface area contributed by atoms with E-state index in [0.29, 0.717) is 109 Å². The second-order valence-corrected chi connectivity index (χ2v) is 33.5. The van der Waals surface area contributed by atoms with Gasteiger partial charge in [-0.1, -0.05) is 55.7 Å². The molecular weight excluding hydrogens is 1730 g/mol. The highest BCUT2D eigenvalue weighted by atomic mass is 19.1. The van der Waals surface area contributed by atoms with Crippen molar-refractivity contribution in [2.45, 2.75) is 97.8 Å². The molecular formula is C105H116F3N11O16. The summed E-state index contributed by atoms with van der Waals surface area (Å²) in [4.78, 5) is 98.0. The molecule has 6 aliphatic rings. The van der Waals surface area contributed by atoms with Crippen LogP contribution in [0.15, 0.2) is 181 Å². The van der Waals surface area contributed by atoms with Crippen LogP contribution >= 0.6 is 0 Å². The van der Waals surface area contributed by atoms with Crippen molar-refractivity contribution in [1.82, 2.24) is 55.8 Å². The van der Waals surface area contributed by atoms with Crippen molar-refractivity contribution in [1.29, 1.82) is 0 Å². The van der Waals surface area contributed by atoms with E-state index < -0.39 is 5.97 Å². The molecule has 4 N–H and O–H groups in total. The lowest BCUT2D eigenvalue weighted by Gasteiger charge is -2.32. The molecule has 30 heteroatoms. The van der Waals surface area contributed by atoms with Gasteiger partial charge in [-0.3, -0.25) is 43.8 Å². The number of hydrogen-bond acceptors (Lipinski definition) is 22. The van der Waals surface area contributed by atoms with Crippen molar-refractivity contribution in [3.63, 3.8) is 0 Å². The Morgan fingerprint density at radius 2 is 0.741 bits per heavy atom. The van der Waals surface area contributed by atoms with Crippen LogP contribution in [-0.2, 0) is 53.1 Å². The molecule has 6 aromatic carbocycles. The van der Waals surface area contributed by atoms with E-state index >= 15 is 0 Å². The molecule has 2 saturated heterocycles. The first-order chi connectivity index (χ1) is 65.4. The Kier molecular flexibility index (Phi) is 34.6. The molecule has 3 aromatic heterocycles. The number of halogens is 3. The Hall–Kier alpha value is -14.1. The summed E-state index contributed by atoms with van der Waals surface area (Å²) in [6.45, 7) is 13.9. The first-order valence-corrected chi connectivity index (χ1v) is 45.0. The number of methoxy groups -OCH3 is 6. The first-order valence-electron chi connectivity index (χ1n) is 45.0. The summed E-state index contributed by atoms with van der Waals surface area (Å²) in [5, 5.41) is 11.8. The lowest BCUT2D eigenvalue weighted by atomic mass is 9.95. The number of ether oxygens (including phenoxy) is 10. The van der Waals surface area contributed by atoms with Crippen molar-refractivity contribution in [2.75, 3.05) is 142 Å². The number of pyridine rings is 3. The van der Waals surface area contributed by atoms with Crippen LogP contribution in [0, 0.1) is 17.5 Å². The summed E-state index contributed by atoms with van der Waals surface area (Å²) < 4.78 is 100. The number of benzene rings is 6. The molecule has 0 atom stereocenters. The Labute approximate surface area is 785 Å². The molecule has 708 valence electrons. The fraction of sp³-hybridized carbons (Fsp3) is 0.343. The van der Waals surface area contributed by atoms with Crippen molar-refractivity contribution in [3.8, 4) is 51.7 Å². The Bertz CT molecular complexity index is 5890. The summed E-state index contributed by atoms with van der Waals surface area (Å²) in [6, 6.07) is 41.4. The van der Waals surface area contributed by atoms with E-state index in [0.717, 1.165) is 166 Å². The van der Waals surface area contributed by atoms with Gasteiger partial charge in [-0.05, 0) is 275 Å². The van der Waals surface area contributed by atoms with E-state index in [-0.39, 0.29) is 97.9 Å². The number of likely N-dealkylation sites (N-methyl/N-ethyl adjacent to an activating group) is 2. The van der Waals surface area contributed by atoms with Crippen LogP contribution in [0.25, 0.3) is 51.7 Å². The van der Waals surface area contributed by atoms with Gasteiger partial charge in [0.2, 0.25) is 35.0 Å². The Morgan fingerprint density at radius 3 is 1.08 bits per heavy atom. The van der Waals surface area contributed by atoms with Gasteiger partial charge in [-0.2, -0.15) is 0 Å². The second-order valence-electron chi connectivity index (χ2n) is 33.5. The molecule has 0 radical (unpaired) electrons. The van der Waals surface area contributed by atoms with Crippen molar-refractivity contribution >= 4 is 87.2 Å². The number of esters is 1. The number of allylic oxidation sites excluding steroid dienone is 6. The molecule has 3 fully saturated rings. The van der Waals surface area contributed by atoms with Gasteiger partial charge in [-0.15, -0.1) is 0 Å². The standard InChI is InChI=1S/C36H41FN4O6.C35H38FN3O5.C34H37FN4O5/c1-24-29(28-9-8-26(37)20-31(28)30(24)21-34(42)39-22-27-7-5-6-10-38-27)17-25-18-32(44-3)36(33(19-25)45-4)47-23-35(43)46-16-15-41-13-11-40(2)12-14-41;1-22-28(27-13-12-24(36)18-30(27)29(22)19-33(40)38-20-26-11-7-8-14-37-26)15-23-16-31(42-2)35(32(17-23)43-3)44-21-34(41)39-25-9-5-4-6-10-25;1-22-27(26-9-8-24(35)18-29(26)28(22)19-32(40)37-20-25-7-5-6-10-36-25)15-23-16-30(42-3)34(31(17-23)43-4)44-21-33(41)39-13-11-38(2)12-14-39/h5-10,17-20H,11-16,21-23H2,1-4H3,(H,39,42);7-8,11-18,25H,4-6,9-10,19-21H2,1-3H3,(H,38,40)(H,39,41);5-10,15-18H,11-14,19-21H2,1-4H3,(H,37,40)/b29-17-;28-15-;27-15-. The zero-order valence-electron chi connectivity index (χ0n) is 78.2. The normalized spacial score (nSPS) is 15.7. The van der Waals surface area contributed by atoms with Crippen LogP contribution in [0.5, 0.6) is 51.7 Å². The highest BCUT2D eigenvalue weighted by molar-refractivity contribution is 6.11. The monoisotopic (exact) mass is 1840 g/mol. The molecule has 15 rings (SSSR count). The topological polar surface area (TPSA) is 294 Å². The number of aromatic nitrogens is 3. The van der Waals surface area contributed by atoms with Gasteiger partial charge in [0.05, 0.1) is 98.6 Å². The van der Waals surface area contributed by atoms with Gasteiger partial charge in [0.1, 0.15) is 24.1 Å². The van der Waals surface area contributed by atoms with Crippen molar-refractivity contribution in [2.24, 2.45) is 0 Å². The molecule has 1 saturated carbocycles. The Balaban J connectivity index is 0.000000172. The molecule has 0 unspecified atom stereocenters. The lowest BCUT2D eigenvalue weighted by molar-refractivity contribution is -0.146. The maximum atomic E-state index is 14.4. The predicted molar refractivity (Wildman–Crippen MR) is 512 cm³/mol. The molecule has 135 heavy (non-hydrogen) atoms. The highest BCUT2D eigenvalue weighted by Gasteiger charge is 2.33. The van der Waals surface area contributed by atoms with Crippen LogP contribution in [0.3, 0.4) is 0 Å². The summed E-state index contributed by atoms with van der Waals surface area (Å²) in [7, 11) is 13.3. The lowest BCUT2D eigenvalue weighted by Crippen LogP contribution is -2.48. The largest absolute Gasteiger partial charge is 0.493 e. The fourth-order valence-electron chi connectivity index (χ4n) is 17.0. The van der Waals surface area contributed by atoms with Gasteiger partial charge in [-0.25, -0.2) is 18.0 Å². The van der Waals surface area contributed by atoms with Gasteiger partial charge >= 0.3 is 5.97 Å². The molecule has 5 amide bonds. The Morgan fingerprint density at radius 1 is 0.400 bits per heavy atom. The van der Waals surface area contributed by atoms with Crippen LogP contribution in [0.1, 0.15) is 139 Å². The van der Waals surface area contributed by atoms with Crippen LogP contribution in [0.4, 0.5) is 13.2 Å². The van der Waals surface area contributed by atoms with Crippen LogP contribution < -0.4 is 63.9 Å². The third kappa shape index (κ3) is 26.1. The zero-order chi connectivity index (χ0) is 95.6. The quantitative estimate of drug-likeness (QED) is 0.0272. The number of carbonyl (C=O) groups is 6. The van der Waals surface area contributed by atoms with Gasteiger partial charge in [0, 0.05) is 83.5 Å². The number of hydrogen-bond donors (Lipinski definition) is 4. The third-order valence-electron chi connectivity index (χ3n) is 24.4. The molecule has 0 spiro atoms.